The summed E-state index contributed by atoms with van der Waals surface area (Å²) in [4.78, 5) is 22.2. The molecule has 0 aromatic heterocycles. The molecule has 0 spiro atoms. The summed E-state index contributed by atoms with van der Waals surface area (Å²) >= 11 is 0. The third-order valence-corrected chi connectivity index (χ3v) is 5.40. The maximum atomic E-state index is 11.1. The molecule has 0 unspecified atom stereocenters. The largest absolute Gasteiger partial charge is 0.491 e. The molecule has 0 saturated heterocycles. The minimum absolute atomic E-state index is 0.110. The maximum absolute atomic E-state index is 11.1. The van der Waals surface area contributed by atoms with Crippen molar-refractivity contribution in [2.24, 2.45) is 0 Å². The molecule has 45 heavy (non-hydrogen) atoms. The van der Waals surface area contributed by atoms with Crippen LogP contribution in [-0.4, -0.2) is 144 Å². The number of ether oxygens (including phenoxy) is 11. The van der Waals surface area contributed by atoms with Crippen LogP contribution in [0.2, 0.25) is 0 Å². The monoisotopic (exact) mass is 647 g/mol. The lowest BCUT2D eigenvalue weighted by Gasteiger charge is -2.09. The van der Waals surface area contributed by atoms with Gasteiger partial charge in [-0.1, -0.05) is 0 Å². The van der Waals surface area contributed by atoms with Gasteiger partial charge in [0.15, 0.2) is 0 Å². The van der Waals surface area contributed by atoms with Gasteiger partial charge in [0, 0.05) is 12.6 Å². The Morgan fingerprint density at radius 2 is 0.844 bits per heavy atom. The second-order valence-corrected chi connectivity index (χ2v) is 9.12. The molecule has 0 radical (unpaired) electrons. The van der Waals surface area contributed by atoms with Gasteiger partial charge < -0.3 is 57.4 Å². The van der Waals surface area contributed by atoms with Crippen molar-refractivity contribution in [2.75, 3.05) is 137 Å². The van der Waals surface area contributed by atoms with Crippen LogP contribution in [-0.2, 0) is 57.0 Å². The molecule has 0 heterocycles. The number of amides is 1. The second kappa shape index (κ2) is 31.6. The van der Waals surface area contributed by atoms with Crippen molar-refractivity contribution in [3.63, 3.8) is 0 Å². The SMILES string of the molecule is CCOC(=O)CCOCCOCCOCCOCCOCCOCCOCCOCCOCCOc1ccc(NC(C)=O)cc1. The van der Waals surface area contributed by atoms with E-state index in [0.29, 0.717) is 138 Å². The summed E-state index contributed by atoms with van der Waals surface area (Å²) in [5.74, 6) is 0.349. The minimum atomic E-state index is -0.254. The van der Waals surface area contributed by atoms with Gasteiger partial charge in [0.2, 0.25) is 5.91 Å². The van der Waals surface area contributed by atoms with Crippen LogP contribution in [0.5, 0.6) is 5.75 Å². The van der Waals surface area contributed by atoms with Gasteiger partial charge in [-0.15, -0.1) is 0 Å². The van der Waals surface area contributed by atoms with Crippen molar-refractivity contribution in [2.45, 2.75) is 20.3 Å². The van der Waals surface area contributed by atoms with E-state index in [1.165, 1.54) is 6.92 Å². The first-order valence-corrected chi connectivity index (χ1v) is 15.5. The van der Waals surface area contributed by atoms with Gasteiger partial charge in [0.25, 0.3) is 0 Å². The van der Waals surface area contributed by atoms with Crippen molar-refractivity contribution in [3.8, 4) is 5.75 Å². The summed E-state index contributed by atoms with van der Waals surface area (Å²) < 4.78 is 59.3. The van der Waals surface area contributed by atoms with Gasteiger partial charge in [-0.05, 0) is 31.2 Å². The molecule has 0 atom stereocenters. The number of anilines is 1. The van der Waals surface area contributed by atoms with Crippen LogP contribution < -0.4 is 10.1 Å². The van der Waals surface area contributed by atoms with E-state index < -0.39 is 0 Å². The molecule has 0 aliphatic carbocycles. The van der Waals surface area contributed by atoms with E-state index in [0.717, 1.165) is 5.69 Å². The van der Waals surface area contributed by atoms with Gasteiger partial charge in [0.1, 0.15) is 12.4 Å². The molecule has 1 N–H and O–H groups in total. The molecular formula is C31H53NO13. The van der Waals surface area contributed by atoms with Crippen LogP contribution in [0, 0.1) is 0 Å². The zero-order chi connectivity index (χ0) is 32.5. The highest BCUT2D eigenvalue weighted by molar-refractivity contribution is 5.88. The average molecular weight is 648 g/mol. The van der Waals surface area contributed by atoms with Crippen molar-refractivity contribution in [3.05, 3.63) is 24.3 Å². The molecular weight excluding hydrogens is 594 g/mol. The summed E-state index contributed by atoms with van der Waals surface area (Å²) in [7, 11) is 0. The number of carbonyl (C=O) groups is 2. The zero-order valence-corrected chi connectivity index (χ0v) is 27.0. The Bertz CT molecular complexity index is 813. The van der Waals surface area contributed by atoms with Gasteiger partial charge in [-0.2, -0.15) is 0 Å². The molecule has 260 valence electrons. The number of benzene rings is 1. The maximum Gasteiger partial charge on any atom is 0.308 e. The highest BCUT2D eigenvalue weighted by Gasteiger charge is 2.01. The van der Waals surface area contributed by atoms with Crippen molar-refractivity contribution in [1.82, 2.24) is 0 Å². The van der Waals surface area contributed by atoms with Crippen LogP contribution in [0.3, 0.4) is 0 Å². The van der Waals surface area contributed by atoms with E-state index in [4.69, 9.17) is 52.1 Å². The molecule has 14 nitrogen and oxygen atoms in total. The van der Waals surface area contributed by atoms with Crippen LogP contribution in [0.4, 0.5) is 5.69 Å². The summed E-state index contributed by atoms with van der Waals surface area (Å²) in [6.07, 6.45) is 0.253. The molecule has 1 aromatic carbocycles. The topological polar surface area (TPSA) is 148 Å². The number of hydrogen-bond donors (Lipinski definition) is 1. The number of esters is 1. The lowest BCUT2D eigenvalue weighted by molar-refractivity contribution is -0.144. The van der Waals surface area contributed by atoms with Crippen LogP contribution in [0.1, 0.15) is 20.3 Å². The Morgan fingerprint density at radius 1 is 0.511 bits per heavy atom. The van der Waals surface area contributed by atoms with E-state index >= 15 is 0 Å². The Kier molecular flexibility index (Phi) is 28.5. The van der Waals surface area contributed by atoms with Crippen LogP contribution in [0.15, 0.2) is 24.3 Å². The summed E-state index contributed by atoms with van der Waals surface area (Å²) in [5.41, 5.74) is 0.729. The molecule has 1 aromatic rings. The zero-order valence-electron chi connectivity index (χ0n) is 27.0. The van der Waals surface area contributed by atoms with Gasteiger partial charge in [-0.25, -0.2) is 0 Å². The quantitative estimate of drug-likeness (QED) is 0.0878. The first kappa shape index (κ1) is 40.6. The predicted molar refractivity (Wildman–Crippen MR) is 165 cm³/mol. The number of hydrogen-bond acceptors (Lipinski definition) is 13. The first-order valence-electron chi connectivity index (χ1n) is 15.5. The Morgan fingerprint density at radius 3 is 1.18 bits per heavy atom. The van der Waals surface area contributed by atoms with Crippen molar-refractivity contribution >= 4 is 17.6 Å². The third kappa shape index (κ3) is 28.8. The minimum Gasteiger partial charge on any atom is -0.491 e. The number of nitrogens with one attached hydrogen (secondary N) is 1. The number of rotatable bonds is 33. The summed E-state index contributed by atoms with van der Waals surface area (Å²) in [6.45, 7) is 12.5. The standard InChI is InChI=1S/C31H53NO13/c1-3-44-31(34)8-9-35-10-11-36-12-13-37-14-15-38-16-17-39-18-19-40-20-21-41-22-23-42-24-25-43-26-27-45-30-6-4-29(5-7-30)32-28(2)33/h4-7H,3,8-27H2,1-2H3,(H,32,33). The molecule has 0 fully saturated rings. The predicted octanol–water partition coefficient (Wildman–Crippen LogP) is 2.13. The van der Waals surface area contributed by atoms with Crippen molar-refractivity contribution in [1.29, 1.82) is 0 Å². The highest BCUT2D eigenvalue weighted by atomic mass is 16.6. The fraction of sp³-hybridized carbons (Fsp3) is 0.742. The summed E-state index contributed by atoms with van der Waals surface area (Å²) in [6, 6.07) is 7.16. The van der Waals surface area contributed by atoms with Crippen LogP contribution in [0.25, 0.3) is 0 Å². The molecule has 14 heteroatoms. The summed E-state index contributed by atoms with van der Waals surface area (Å²) in [5, 5.41) is 2.71. The number of carbonyl (C=O) groups excluding carboxylic acids is 2. The Balaban J connectivity index is 1.68. The lowest BCUT2D eigenvalue weighted by atomic mass is 10.3. The van der Waals surface area contributed by atoms with Gasteiger partial charge in [0.05, 0.1) is 132 Å². The van der Waals surface area contributed by atoms with E-state index in [1.54, 1.807) is 31.2 Å². The highest BCUT2D eigenvalue weighted by Crippen LogP contribution is 2.15. The van der Waals surface area contributed by atoms with Gasteiger partial charge in [-0.3, -0.25) is 9.59 Å². The van der Waals surface area contributed by atoms with E-state index in [1.807, 2.05) is 0 Å². The molecule has 1 amide bonds. The molecule has 0 saturated carbocycles. The fourth-order valence-corrected chi connectivity index (χ4v) is 3.31. The first-order chi connectivity index (χ1) is 22.1. The third-order valence-electron chi connectivity index (χ3n) is 5.40. The smallest absolute Gasteiger partial charge is 0.308 e. The van der Waals surface area contributed by atoms with Crippen molar-refractivity contribution < 1.29 is 61.7 Å². The molecule has 0 bridgehead atoms. The normalized spacial score (nSPS) is 11.1. The second-order valence-electron chi connectivity index (χ2n) is 9.12. The Labute approximate surface area is 267 Å². The molecule has 1 rings (SSSR count). The van der Waals surface area contributed by atoms with E-state index in [9.17, 15) is 9.59 Å². The average Bonchev–Trinajstić information content (AvgIpc) is 3.02. The van der Waals surface area contributed by atoms with Crippen LogP contribution >= 0.6 is 0 Å². The fourth-order valence-electron chi connectivity index (χ4n) is 3.31. The molecule has 0 aliphatic heterocycles. The van der Waals surface area contributed by atoms with E-state index in [-0.39, 0.29) is 18.3 Å². The van der Waals surface area contributed by atoms with E-state index in [2.05, 4.69) is 5.32 Å². The van der Waals surface area contributed by atoms with Gasteiger partial charge >= 0.3 is 5.97 Å². The Hall–Kier alpha value is -2.40. The lowest BCUT2D eigenvalue weighted by Crippen LogP contribution is -2.15. The molecule has 0 aliphatic rings.